The number of ether oxygens (including phenoxy) is 1. The summed E-state index contributed by atoms with van der Waals surface area (Å²) in [6.07, 6.45) is 11.1. The molecule has 2 heteroatoms. The Morgan fingerprint density at radius 2 is 1.53 bits per heavy atom. The topological polar surface area (TPSA) is 21.3 Å². The highest BCUT2D eigenvalue weighted by Gasteiger charge is 2.16. The van der Waals surface area contributed by atoms with Gasteiger partial charge in [-0.3, -0.25) is 0 Å². The van der Waals surface area contributed by atoms with Crippen molar-refractivity contribution in [3.63, 3.8) is 0 Å². The number of hydrogen-bond donors (Lipinski definition) is 1. The largest absolute Gasteiger partial charge is 0.381 e. The molecule has 88 valence electrons. The van der Waals surface area contributed by atoms with Crippen molar-refractivity contribution < 1.29 is 4.74 Å². The van der Waals surface area contributed by atoms with Gasteiger partial charge in [-0.15, -0.1) is 0 Å². The highest BCUT2D eigenvalue weighted by atomic mass is 16.5. The van der Waals surface area contributed by atoms with Gasteiger partial charge in [0, 0.05) is 19.3 Å². The second-order valence-electron chi connectivity index (χ2n) is 5.15. The summed E-state index contributed by atoms with van der Waals surface area (Å²) in [5.41, 5.74) is 0. The van der Waals surface area contributed by atoms with Gasteiger partial charge in [-0.1, -0.05) is 25.7 Å². The molecule has 1 aliphatic carbocycles. The lowest BCUT2D eigenvalue weighted by Crippen LogP contribution is -2.35. The summed E-state index contributed by atoms with van der Waals surface area (Å²) in [5.74, 6) is 0.877. The molecule has 0 unspecified atom stereocenters. The first-order chi connectivity index (χ1) is 7.45. The van der Waals surface area contributed by atoms with Gasteiger partial charge in [0.15, 0.2) is 0 Å². The minimum atomic E-state index is 0.815. The van der Waals surface area contributed by atoms with Gasteiger partial charge in [0.05, 0.1) is 0 Å². The number of hydrogen-bond acceptors (Lipinski definition) is 2. The van der Waals surface area contributed by atoms with Gasteiger partial charge in [-0.2, -0.15) is 0 Å². The molecule has 0 atom stereocenters. The Balaban J connectivity index is 1.62. The third-order valence-corrected chi connectivity index (χ3v) is 3.89. The lowest BCUT2D eigenvalue weighted by Gasteiger charge is -2.25. The molecule has 1 N–H and O–H groups in total. The predicted octanol–water partition coefficient (Wildman–Crippen LogP) is 2.73. The van der Waals surface area contributed by atoms with Crippen LogP contribution in [0.5, 0.6) is 0 Å². The third-order valence-electron chi connectivity index (χ3n) is 3.89. The van der Waals surface area contributed by atoms with E-state index in [4.69, 9.17) is 4.74 Å². The second-order valence-corrected chi connectivity index (χ2v) is 5.15. The molecule has 1 aliphatic heterocycles. The smallest absolute Gasteiger partial charge is 0.0469 e. The molecule has 15 heavy (non-hydrogen) atoms. The summed E-state index contributed by atoms with van der Waals surface area (Å²) in [4.78, 5) is 0. The molecular weight excluding hydrogens is 186 g/mol. The monoisotopic (exact) mass is 211 g/mol. The van der Waals surface area contributed by atoms with Crippen LogP contribution in [0.4, 0.5) is 0 Å². The van der Waals surface area contributed by atoms with E-state index in [2.05, 4.69) is 5.32 Å². The Labute approximate surface area is 93.8 Å². The fourth-order valence-corrected chi connectivity index (χ4v) is 2.77. The minimum Gasteiger partial charge on any atom is -0.381 e. The van der Waals surface area contributed by atoms with E-state index in [9.17, 15) is 0 Å². The summed E-state index contributed by atoms with van der Waals surface area (Å²) < 4.78 is 5.38. The molecule has 2 aliphatic rings. The molecule has 2 fully saturated rings. The van der Waals surface area contributed by atoms with E-state index in [1.807, 2.05) is 0 Å². The molecule has 1 heterocycles. The van der Waals surface area contributed by atoms with Crippen LogP contribution in [0.2, 0.25) is 0 Å². The van der Waals surface area contributed by atoms with Gasteiger partial charge >= 0.3 is 0 Å². The minimum absolute atomic E-state index is 0.815. The van der Waals surface area contributed by atoms with Crippen molar-refractivity contribution in [1.82, 2.24) is 5.32 Å². The summed E-state index contributed by atoms with van der Waals surface area (Å²) in [6.45, 7) is 3.20. The van der Waals surface area contributed by atoms with Crippen molar-refractivity contribution in [1.29, 1.82) is 0 Å². The molecule has 2 nitrogen and oxygen atoms in total. The Kier molecular flexibility index (Phi) is 4.94. The summed E-state index contributed by atoms with van der Waals surface area (Å²) in [5, 5.41) is 3.78. The maximum Gasteiger partial charge on any atom is 0.0469 e. The molecule has 1 saturated carbocycles. The van der Waals surface area contributed by atoms with E-state index in [1.54, 1.807) is 0 Å². The van der Waals surface area contributed by atoms with Crippen molar-refractivity contribution >= 4 is 0 Å². The quantitative estimate of drug-likeness (QED) is 0.725. The molecule has 1 saturated heterocycles. The van der Waals surface area contributed by atoms with Crippen molar-refractivity contribution in [2.75, 3.05) is 19.8 Å². The van der Waals surface area contributed by atoms with Crippen LogP contribution in [0.1, 0.15) is 51.4 Å². The average molecular weight is 211 g/mol. The molecular formula is C13H25NO. The van der Waals surface area contributed by atoms with E-state index in [-0.39, 0.29) is 0 Å². The van der Waals surface area contributed by atoms with Crippen LogP contribution in [0.15, 0.2) is 0 Å². The van der Waals surface area contributed by atoms with Crippen molar-refractivity contribution in [2.45, 2.75) is 57.4 Å². The summed E-state index contributed by atoms with van der Waals surface area (Å²) in [6, 6.07) is 0.815. The van der Waals surface area contributed by atoms with Gasteiger partial charge in [-0.05, 0) is 38.1 Å². The maximum atomic E-state index is 5.38. The van der Waals surface area contributed by atoms with Crippen LogP contribution in [0, 0.1) is 5.92 Å². The van der Waals surface area contributed by atoms with Gasteiger partial charge in [0.25, 0.3) is 0 Å². The fraction of sp³-hybridized carbons (Fsp3) is 1.00. The summed E-state index contributed by atoms with van der Waals surface area (Å²) >= 11 is 0. The van der Waals surface area contributed by atoms with Crippen LogP contribution in [0.25, 0.3) is 0 Å². The molecule has 0 aromatic carbocycles. The van der Waals surface area contributed by atoms with Gasteiger partial charge in [0.2, 0.25) is 0 Å². The van der Waals surface area contributed by atoms with Gasteiger partial charge < -0.3 is 10.1 Å². The van der Waals surface area contributed by atoms with Gasteiger partial charge in [0.1, 0.15) is 0 Å². The Bertz CT molecular complexity index is 158. The average Bonchev–Trinajstić information content (AvgIpc) is 2.56. The van der Waals surface area contributed by atoms with Crippen molar-refractivity contribution in [3.05, 3.63) is 0 Å². The van der Waals surface area contributed by atoms with Crippen LogP contribution in [0.3, 0.4) is 0 Å². The molecule has 0 spiro atoms. The molecule has 0 radical (unpaired) electrons. The van der Waals surface area contributed by atoms with Crippen LogP contribution >= 0.6 is 0 Å². The zero-order valence-electron chi connectivity index (χ0n) is 9.84. The molecule has 0 bridgehead atoms. The predicted molar refractivity (Wildman–Crippen MR) is 63.0 cm³/mol. The number of nitrogens with one attached hydrogen (secondary N) is 1. The van der Waals surface area contributed by atoms with E-state index >= 15 is 0 Å². The Hall–Kier alpha value is -0.0800. The first-order valence-electron chi connectivity index (χ1n) is 6.76. The van der Waals surface area contributed by atoms with Crippen LogP contribution in [-0.2, 0) is 4.74 Å². The van der Waals surface area contributed by atoms with Crippen LogP contribution < -0.4 is 5.32 Å². The van der Waals surface area contributed by atoms with E-state index in [1.165, 1.54) is 57.9 Å². The lowest BCUT2D eigenvalue weighted by molar-refractivity contribution is 0.0653. The van der Waals surface area contributed by atoms with Crippen LogP contribution in [-0.4, -0.2) is 25.8 Å². The van der Waals surface area contributed by atoms with Gasteiger partial charge in [-0.25, -0.2) is 0 Å². The zero-order valence-corrected chi connectivity index (χ0v) is 9.84. The number of rotatable bonds is 3. The highest BCUT2D eigenvalue weighted by Crippen LogP contribution is 2.19. The first kappa shape index (κ1) is 11.4. The SMILES string of the molecule is C1CCCC(NCC2CCOCC2)CC1. The highest BCUT2D eigenvalue weighted by molar-refractivity contribution is 4.73. The van der Waals surface area contributed by atoms with E-state index < -0.39 is 0 Å². The third kappa shape index (κ3) is 4.12. The molecule has 0 amide bonds. The summed E-state index contributed by atoms with van der Waals surface area (Å²) in [7, 11) is 0. The van der Waals surface area contributed by atoms with E-state index in [0.29, 0.717) is 0 Å². The lowest BCUT2D eigenvalue weighted by atomic mass is 9.99. The normalized spacial score (nSPS) is 26.4. The van der Waals surface area contributed by atoms with Crippen molar-refractivity contribution in [3.8, 4) is 0 Å². The van der Waals surface area contributed by atoms with E-state index in [0.717, 1.165) is 25.2 Å². The Morgan fingerprint density at radius 1 is 0.867 bits per heavy atom. The van der Waals surface area contributed by atoms with Crippen molar-refractivity contribution in [2.24, 2.45) is 5.92 Å². The maximum absolute atomic E-state index is 5.38. The first-order valence-corrected chi connectivity index (χ1v) is 6.76. The molecule has 0 aromatic rings. The molecule has 2 rings (SSSR count). The zero-order chi connectivity index (χ0) is 10.3. The Morgan fingerprint density at radius 3 is 2.20 bits per heavy atom. The second kappa shape index (κ2) is 6.49. The standard InChI is InChI=1S/C13H25NO/c1-2-4-6-13(5-3-1)14-11-12-7-9-15-10-8-12/h12-14H,1-11H2. The fourth-order valence-electron chi connectivity index (χ4n) is 2.77. The molecule has 0 aromatic heterocycles.